The van der Waals surface area contributed by atoms with Crippen LogP contribution < -0.4 is 15.4 Å². The average molecular weight is 280 g/mol. The Bertz CT molecular complexity index is 461. The third-order valence-corrected chi connectivity index (χ3v) is 2.93. The summed E-state index contributed by atoms with van der Waals surface area (Å²) in [5.74, 6) is 0.107. The van der Waals surface area contributed by atoms with E-state index in [1.54, 1.807) is 19.2 Å². The molecule has 0 aromatic carbocycles. The van der Waals surface area contributed by atoms with Gasteiger partial charge in [-0.3, -0.25) is 4.79 Å². The van der Waals surface area contributed by atoms with Gasteiger partial charge in [0.2, 0.25) is 5.88 Å². The summed E-state index contributed by atoms with van der Waals surface area (Å²) in [4.78, 5) is 11.3. The molecule has 1 aromatic heterocycles. The van der Waals surface area contributed by atoms with Crippen molar-refractivity contribution in [3.8, 4) is 5.88 Å². The number of hydrogen-bond acceptors (Lipinski definition) is 6. The lowest BCUT2D eigenvalue weighted by molar-refractivity contribution is -0.107. The minimum absolute atomic E-state index is 0.0285. The average Bonchev–Trinajstić information content (AvgIpc) is 2.44. The zero-order valence-electron chi connectivity index (χ0n) is 12.0. The van der Waals surface area contributed by atoms with Gasteiger partial charge in [-0.05, 0) is 19.9 Å². The van der Waals surface area contributed by atoms with E-state index in [1.165, 1.54) is 0 Å². The number of carbonyl (C=O) groups is 1. The highest BCUT2D eigenvalue weighted by Gasteiger charge is 2.28. The summed E-state index contributed by atoms with van der Waals surface area (Å²) in [7, 11) is 1.55. The third kappa shape index (κ3) is 3.88. The van der Waals surface area contributed by atoms with Gasteiger partial charge < -0.3 is 20.1 Å². The van der Waals surface area contributed by atoms with Gasteiger partial charge >= 0.3 is 0 Å². The highest BCUT2D eigenvalue weighted by atomic mass is 16.6. The zero-order chi connectivity index (χ0) is 14.6. The number of carbonyl (C=O) groups excluding carboxylic acids is 1. The molecular weight excluding hydrogens is 260 g/mol. The van der Waals surface area contributed by atoms with Crippen LogP contribution in [0, 0.1) is 0 Å². The Morgan fingerprint density at radius 2 is 2.35 bits per heavy atom. The second-order valence-electron chi connectivity index (χ2n) is 5.28. The molecule has 7 nitrogen and oxygen atoms in total. The van der Waals surface area contributed by atoms with Crippen LogP contribution in [0.15, 0.2) is 12.1 Å². The Kier molecular flexibility index (Phi) is 4.51. The SMILES string of the molecule is CNC(=O)c1ccc(OCC2CNCC(C)(C)O2)nn1. The highest BCUT2D eigenvalue weighted by molar-refractivity contribution is 5.91. The summed E-state index contributed by atoms with van der Waals surface area (Å²) in [6.07, 6.45) is -0.0285. The lowest BCUT2D eigenvalue weighted by Gasteiger charge is -2.36. The zero-order valence-corrected chi connectivity index (χ0v) is 12.0. The van der Waals surface area contributed by atoms with Crippen molar-refractivity contribution < 1.29 is 14.3 Å². The molecule has 1 aliphatic heterocycles. The monoisotopic (exact) mass is 280 g/mol. The van der Waals surface area contributed by atoms with Crippen molar-refractivity contribution in [1.29, 1.82) is 0 Å². The van der Waals surface area contributed by atoms with Gasteiger partial charge in [-0.25, -0.2) is 0 Å². The van der Waals surface area contributed by atoms with E-state index in [0.29, 0.717) is 12.5 Å². The minimum Gasteiger partial charge on any atom is -0.474 e. The molecule has 20 heavy (non-hydrogen) atoms. The lowest BCUT2D eigenvalue weighted by atomic mass is 10.1. The third-order valence-electron chi connectivity index (χ3n) is 2.93. The Labute approximate surface area is 118 Å². The summed E-state index contributed by atoms with van der Waals surface area (Å²) in [5.41, 5.74) is 0.0673. The molecule has 1 fully saturated rings. The Hall–Kier alpha value is -1.73. The summed E-state index contributed by atoms with van der Waals surface area (Å²) in [5, 5.41) is 13.4. The van der Waals surface area contributed by atoms with Gasteiger partial charge in [-0.2, -0.15) is 0 Å². The number of rotatable bonds is 4. The van der Waals surface area contributed by atoms with Crippen LogP contribution in [0.5, 0.6) is 5.88 Å². The predicted molar refractivity (Wildman–Crippen MR) is 72.7 cm³/mol. The predicted octanol–water partition coefficient (Wildman–Crippen LogP) is -0.0180. The fourth-order valence-electron chi connectivity index (χ4n) is 1.99. The van der Waals surface area contributed by atoms with E-state index < -0.39 is 0 Å². The van der Waals surface area contributed by atoms with Gasteiger partial charge in [0.15, 0.2) is 5.69 Å². The molecule has 0 radical (unpaired) electrons. The van der Waals surface area contributed by atoms with Crippen LogP contribution in [0.2, 0.25) is 0 Å². The van der Waals surface area contributed by atoms with Crippen molar-refractivity contribution in [3.63, 3.8) is 0 Å². The Morgan fingerprint density at radius 3 is 2.95 bits per heavy atom. The molecule has 1 saturated heterocycles. The molecule has 110 valence electrons. The molecule has 2 heterocycles. The van der Waals surface area contributed by atoms with E-state index in [-0.39, 0.29) is 23.3 Å². The number of hydrogen-bond donors (Lipinski definition) is 2. The van der Waals surface area contributed by atoms with Gasteiger partial charge in [-0.15, -0.1) is 10.2 Å². The number of nitrogens with one attached hydrogen (secondary N) is 2. The van der Waals surface area contributed by atoms with Gasteiger partial charge in [0.25, 0.3) is 5.91 Å². The molecule has 0 bridgehead atoms. The van der Waals surface area contributed by atoms with E-state index >= 15 is 0 Å². The van der Waals surface area contributed by atoms with Crippen LogP contribution in [-0.2, 0) is 4.74 Å². The lowest BCUT2D eigenvalue weighted by Crippen LogP contribution is -2.52. The van der Waals surface area contributed by atoms with Crippen LogP contribution in [0.4, 0.5) is 0 Å². The van der Waals surface area contributed by atoms with Crippen LogP contribution in [-0.4, -0.2) is 54.6 Å². The van der Waals surface area contributed by atoms with Gasteiger partial charge in [-0.1, -0.05) is 0 Å². The molecule has 1 aliphatic rings. The van der Waals surface area contributed by atoms with E-state index in [0.717, 1.165) is 13.1 Å². The molecule has 2 rings (SSSR count). The Balaban J connectivity index is 1.86. The second-order valence-corrected chi connectivity index (χ2v) is 5.28. The molecule has 2 N–H and O–H groups in total. The highest BCUT2D eigenvalue weighted by Crippen LogP contribution is 2.16. The molecule has 1 unspecified atom stereocenters. The minimum atomic E-state index is -0.273. The molecule has 0 saturated carbocycles. The van der Waals surface area contributed by atoms with Gasteiger partial charge in [0.05, 0.1) is 5.60 Å². The summed E-state index contributed by atoms with van der Waals surface area (Å²) >= 11 is 0. The molecule has 0 spiro atoms. The van der Waals surface area contributed by atoms with Crippen LogP contribution >= 0.6 is 0 Å². The van der Waals surface area contributed by atoms with Crippen molar-refractivity contribution in [2.24, 2.45) is 0 Å². The molecule has 1 atom stereocenters. The number of amides is 1. The molecule has 1 amide bonds. The normalized spacial score (nSPS) is 21.2. The van der Waals surface area contributed by atoms with Crippen molar-refractivity contribution >= 4 is 5.91 Å². The topological polar surface area (TPSA) is 85.4 Å². The first-order chi connectivity index (χ1) is 9.50. The smallest absolute Gasteiger partial charge is 0.271 e. The van der Waals surface area contributed by atoms with Crippen LogP contribution in [0.25, 0.3) is 0 Å². The van der Waals surface area contributed by atoms with E-state index in [2.05, 4.69) is 20.8 Å². The van der Waals surface area contributed by atoms with E-state index in [1.807, 2.05) is 13.8 Å². The van der Waals surface area contributed by atoms with Crippen LogP contribution in [0.3, 0.4) is 0 Å². The fourth-order valence-corrected chi connectivity index (χ4v) is 1.99. The maximum atomic E-state index is 11.3. The van der Waals surface area contributed by atoms with Crippen molar-refractivity contribution in [2.45, 2.75) is 25.6 Å². The fraction of sp³-hybridized carbons (Fsp3) is 0.615. The standard InChI is InChI=1S/C13H20N4O3/c1-13(2)8-15-6-9(20-13)7-19-11-5-4-10(16-17-11)12(18)14-3/h4-5,9,15H,6-8H2,1-3H3,(H,14,18). The number of nitrogens with zero attached hydrogens (tertiary/aromatic N) is 2. The Morgan fingerprint density at radius 1 is 1.55 bits per heavy atom. The maximum Gasteiger partial charge on any atom is 0.271 e. The summed E-state index contributed by atoms with van der Waals surface area (Å²) in [6, 6.07) is 3.20. The number of morpholine rings is 1. The second kappa shape index (κ2) is 6.15. The molecule has 1 aromatic rings. The first-order valence-corrected chi connectivity index (χ1v) is 6.57. The molecule has 7 heteroatoms. The number of ether oxygens (including phenoxy) is 2. The van der Waals surface area contributed by atoms with Crippen molar-refractivity contribution in [1.82, 2.24) is 20.8 Å². The van der Waals surface area contributed by atoms with Crippen LogP contribution in [0.1, 0.15) is 24.3 Å². The molecular formula is C13H20N4O3. The van der Waals surface area contributed by atoms with Gasteiger partial charge in [0.1, 0.15) is 12.7 Å². The van der Waals surface area contributed by atoms with Crippen molar-refractivity contribution in [2.75, 3.05) is 26.7 Å². The molecule has 0 aliphatic carbocycles. The number of aromatic nitrogens is 2. The first kappa shape index (κ1) is 14.7. The van der Waals surface area contributed by atoms with Gasteiger partial charge in [0, 0.05) is 26.2 Å². The quantitative estimate of drug-likeness (QED) is 0.806. The summed E-state index contributed by atoms with van der Waals surface area (Å²) < 4.78 is 11.4. The maximum absolute atomic E-state index is 11.3. The van der Waals surface area contributed by atoms with E-state index in [4.69, 9.17) is 9.47 Å². The van der Waals surface area contributed by atoms with Crippen molar-refractivity contribution in [3.05, 3.63) is 17.8 Å². The first-order valence-electron chi connectivity index (χ1n) is 6.57. The summed E-state index contributed by atoms with van der Waals surface area (Å²) in [6.45, 7) is 6.02. The van der Waals surface area contributed by atoms with E-state index in [9.17, 15) is 4.79 Å². The largest absolute Gasteiger partial charge is 0.474 e.